The van der Waals surface area contributed by atoms with Gasteiger partial charge in [0.25, 0.3) is 0 Å². The molecule has 1 aliphatic carbocycles. The Kier molecular flexibility index (Phi) is 16.1. The molecule has 2 aliphatic heterocycles. The van der Waals surface area contributed by atoms with Gasteiger partial charge in [-0.3, -0.25) is 38.6 Å². The van der Waals surface area contributed by atoms with E-state index in [9.17, 15) is 33.6 Å². The number of rotatable bonds is 13. The number of carbonyl (C=O) groups excluding carboxylic acids is 7. The molecule has 2 saturated heterocycles. The monoisotopic (exact) mass is 867 g/mol. The minimum Gasteiger partial charge on any atom is -0.370 e. The number of guanidine groups is 1. The number of benzene rings is 2. The van der Waals surface area contributed by atoms with E-state index in [1.165, 1.54) is 11.8 Å². The summed E-state index contributed by atoms with van der Waals surface area (Å²) in [7, 11) is 0. The number of aromatic nitrogens is 1. The van der Waals surface area contributed by atoms with Gasteiger partial charge in [-0.2, -0.15) is 0 Å². The molecule has 1 saturated carbocycles. The molecule has 338 valence electrons. The van der Waals surface area contributed by atoms with Crippen LogP contribution < -0.4 is 43.4 Å². The summed E-state index contributed by atoms with van der Waals surface area (Å²) in [6.45, 7) is 1.21. The summed E-state index contributed by atoms with van der Waals surface area (Å²) in [6, 6.07) is 9.78. The lowest BCUT2D eigenvalue weighted by molar-refractivity contribution is -0.143. The molecule has 7 amide bonds. The third kappa shape index (κ3) is 12.8. The van der Waals surface area contributed by atoms with Crippen molar-refractivity contribution in [3.8, 4) is 0 Å². The van der Waals surface area contributed by atoms with E-state index in [-0.39, 0.29) is 50.7 Å². The maximum Gasteiger partial charge on any atom is 0.247 e. The number of hydrogen-bond acceptors (Lipinski definition) is 8. The van der Waals surface area contributed by atoms with Crippen LogP contribution in [0.2, 0.25) is 0 Å². The molecule has 3 heterocycles. The highest BCUT2D eigenvalue weighted by Gasteiger charge is 2.41. The summed E-state index contributed by atoms with van der Waals surface area (Å²) < 4.78 is 0. The van der Waals surface area contributed by atoms with Gasteiger partial charge in [0, 0.05) is 56.5 Å². The Balaban J connectivity index is 1.35. The van der Waals surface area contributed by atoms with Crippen LogP contribution in [0.25, 0.3) is 10.9 Å². The highest BCUT2D eigenvalue weighted by atomic mass is 16.2. The van der Waals surface area contributed by atoms with E-state index in [1.54, 1.807) is 18.3 Å². The molecule has 2 unspecified atom stereocenters. The Hall–Kier alpha value is -6.46. The number of carbonyl (C=O) groups is 7. The van der Waals surface area contributed by atoms with Crippen molar-refractivity contribution in [1.82, 2.24) is 41.8 Å². The zero-order chi connectivity index (χ0) is 44.9. The van der Waals surface area contributed by atoms with E-state index < -0.39 is 84.1 Å². The predicted molar refractivity (Wildman–Crippen MR) is 236 cm³/mol. The van der Waals surface area contributed by atoms with Crippen LogP contribution >= 0.6 is 0 Å². The number of aliphatic imine (C=N–C) groups is 1. The average molecular weight is 868 g/mol. The number of nitrogens with zero attached hydrogens (tertiary/aromatic N) is 2. The van der Waals surface area contributed by atoms with Crippen molar-refractivity contribution in [2.75, 3.05) is 19.6 Å². The van der Waals surface area contributed by atoms with Gasteiger partial charge in [0.1, 0.15) is 36.3 Å². The first-order chi connectivity index (χ1) is 30.4. The third-order valence-electron chi connectivity index (χ3n) is 12.1. The third-order valence-corrected chi connectivity index (χ3v) is 12.1. The van der Waals surface area contributed by atoms with Crippen LogP contribution in [0.15, 0.2) is 65.8 Å². The fraction of sp³-hybridized carbons (Fsp3) is 0.511. The number of H-pyrrole nitrogens is 1. The molecule has 0 bridgehead atoms. The molecule has 2 aromatic carbocycles. The minimum atomic E-state index is -1.39. The van der Waals surface area contributed by atoms with E-state index in [0.29, 0.717) is 19.3 Å². The topological polar surface area (TPSA) is 275 Å². The first-order valence-corrected chi connectivity index (χ1v) is 22.1. The molecule has 0 radical (unpaired) electrons. The lowest BCUT2D eigenvalue weighted by Crippen LogP contribution is -2.62. The summed E-state index contributed by atoms with van der Waals surface area (Å²) in [6.07, 6.45) is 8.26. The van der Waals surface area contributed by atoms with E-state index in [4.69, 9.17) is 11.5 Å². The van der Waals surface area contributed by atoms with E-state index in [0.717, 1.165) is 54.1 Å². The van der Waals surface area contributed by atoms with Gasteiger partial charge in [-0.1, -0.05) is 80.6 Å². The normalized spacial score (nSPS) is 23.4. The van der Waals surface area contributed by atoms with Gasteiger partial charge in [-0.25, -0.2) is 0 Å². The van der Waals surface area contributed by atoms with Crippen molar-refractivity contribution in [2.45, 2.75) is 120 Å². The van der Waals surface area contributed by atoms with Crippen LogP contribution in [0.4, 0.5) is 0 Å². The Morgan fingerprint density at radius 1 is 0.825 bits per heavy atom. The second-order valence-corrected chi connectivity index (χ2v) is 16.9. The quantitative estimate of drug-likeness (QED) is 0.0658. The van der Waals surface area contributed by atoms with E-state index in [2.05, 4.69) is 41.9 Å². The second-order valence-electron chi connectivity index (χ2n) is 16.9. The summed E-state index contributed by atoms with van der Waals surface area (Å²) in [5, 5.41) is 17.8. The molecule has 63 heavy (non-hydrogen) atoms. The zero-order valence-electron chi connectivity index (χ0n) is 35.8. The molecule has 18 heteroatoms. The lowest BCUT2D eigenvalue weighted by Gasteiger charge is -2.33. The van der Waals surface area contributed by atoms with Crippen molar-refractivity contribution in [3.05, 3.63) is 71.9 Å². The molecule has 6 atom stereocenters. The summed E-state index contributed by atoms with van der Waals surface area (Å²) in [4.78, 5) is 107. The molecular formula is C45H61N11O7. The largest absolute Gasteiger partial charge is 0.370 e. The Morgan fingerprint density at radius 2 is 1.52 bits per heavy atom. The summed E-state index contributed by atoms with van der Waals surface area (Å²) in [5.41, 5.74) is 13.5. The standard InChI is InChI=1S/C45H61N11O7/c1-27(57)51-34(22-28-12-4-2-5-13-28)40(59)55-37-26-50-39(58)33(18-10-20-48-45(46)47)52-42(61)36(24-30-25-49-32-17-9-8-16-31(30)32)53-41(60)35(23-29-14-6-3-7-15-29)54-43(62)38-19-11-21-56(38)44(37)63/h2,4-5,8-9,12-13,16-17,25,29,33-38,49H,3,6-7,10-11,14-15,18-24,26H2,1H3,(H,50,58)(H,51,57)(H,52,61)(H,53,60)(H,54,62)(H,55,59)(H4,46,47,48)/t33-,34-,35+,36-,37?,38?/m0/s1. The molecule has 3 aromatic rings. The second kappa shape index (κ2) is 22.1. The highest BCUT2D eigenvalue weighted by Crippen LogP contribution is 2.28. The summed E-state index contributed by atoms with van der Waals surface area (Å²) in [5.74, 6) is -4.17. The molecule has 3 aliphatic rings. The fourth-order valence-electron chi connectivity index (χ4n) is 8.91. The van der Waals surface area contributed by atoms with Gasteiger partial charge in [-0.05, 0) is 55.2 Å². The molecule has 1 aromatic heterocycles. The molecule has 11 N–H and O–H groups in total. The zero-order valence-corrected chi connectivity index (χ0v) is 35.8. The van der Waals surface area contributed by atoms with Crippen molar-refractivity contribution in [2.24, 2.45) is 22.4 Å². The number of nitrogens with two attached hydrogens (primary N) is 2. The van der Waals surface area contributed by atoms with Crippen molar-refractivity contribution >= 4 is 58.2 Å². The van der Waals surface area contributed by atoms with Crippen LogP contribution in [0, 0.1) is 5.92 Å². The van der Waals surface area contributed by atoms with Gasteiger partial charge < -0.3 is 53.3 Å². The van der Waals surface area contributed by atoms with Gasteiger partial charge in [0.2, 0.25) is 41.4 Å². The minimum absolute atomic E-state index is 0.0610. The predicted octanol–water partition coefficient (Wildman–Crippen LogP) is 0.542. The maximum atomic E-state index is 14.6. The first-order valence-electron chi connectivity index (χ1n) is 22.1. The maximum absolute atomic E-state index is 14.6. The van der Waals surface area contributed by atoms with Gasteiger partial charge in [0.05, 0.1) is 0 Å². The van der Waals surface area contributed by atoms with Gasteiger partial charge in [-0.15, -0.1) is 0 Å². The van der Waals surface area contributed by atoms with Crippen LogP contribution in [-0.2, 0) is 46.4 Å². The van der Waals surface area contributed by atoms with Crippen LogP contribution in [0.1, 0.15) is 82.3 Å². The van der Waals surface area contributed by atoms with Crippen molar-refractivity contribution in [3.63, 3.8) is 0 Å². The van der Waals surface area contributed by atoms with Crippen molar-refractivity contribution < 1.29 is 33.6 Å². The van der Waals surface area contributed by atoms with E-state index in [1.807, 2.05) is 42.5 Å². The number of hydrogen-bond donors (Lipinski definition) is 9. The van der Waals surface area contributed by atoms with Crippen LogP contribution in [0.5, 0.6) is 0 Å². The molecular weight excluding hydrogens is 807 g/mol. The molecule has 6 rings (SSSR count). The summed E-state index contributed by atoms with van der Waals surface area (Å²) >= 11 is 0. The average Bonchev–Trinajstić information content (AvgIpc) is 3.93. The number of aromatic amines is 1. The van der Waals surface area contributed by atoms with Crippen LogP contribution in [-0.4, -0.2) is 113 Å². The molecule has 0 spiro atoms. The fourth-order valence-corrected chi connectivity index (χ4v) is 8.91. The Morgan fingerprint density at radius 3 is 2.27 bits per heavy atom. The smallest absolute Gasteiger partial charge is 0.247 e. The Labute approximate surface area is 366 Å². The number of amides is 7. The highest BCUT2D eigenvalue weighted by molar-refractivity contribution is 5.98. The van der Waals surface area contributed by atoms with Crippen LogP contribution in [0.3, 0.4) is 0 Å². The first kappa shape index (κ1) is 46.1. The lowest BCUT2D eigenvalue weighted by atomic mass is 9.84. The van der Waals surface area contributed by atoms with E-state index >= 15 is 0 Å². The number of para-hydroxylation sites is 1. The SMILES string of the molecule is CC(=O)N[C@@H](Cc1ccccc1)C(=O)NC1CNC(=O)[C@H](CCCN=C(N)N)NC(=O)[C@H](Cc2c[nH]c3ccccc23)NC(=O)[C@@H](CC2CCCCC2)NC(=O)C2CCCN2C1=O. The number of fused-ring (bicyclic) bond motifs is 2. The Bertz CT molecular complexity index is 2130. The molecule has 18 nitrogen and oxygen atoms in total. The number of nitrogens with one attached hydrogen (secondary N) is 7. The van der Waals surface area contributed by atoms with Gasteiger partial charge >= 0.3 is 0 Å². The molecule has 3 fully saturated rings. The van der Waals surface area contributed by atoms with Gasteiger partial charge in [0.15, 0.2) is 5.96 Å². The van der Waals surface area contributed by atoms with Crippen molar-refractivity contribution in [1.29, 1.82) is 0 Å².